The Labute approximate surface area is 203 Å². The summed E-state index contributed by atoms with van der Waals surface area (Å²) in [7, 11) is -4.17. The van der Waals surface area contributed by atoms with E-state index in [9.17, 15) is 18.0 Å². The largest absolute Gasteiger partial charge is 0.484 e. The van der Waals surface area contributed by atoms with Gasteiger partial charge >= 0.3 is 6.09 Å². The zero-order valence-electron chi connectivity index (χ0n) is 19.5. The molecule has 0 saturated heterocycles. The van der Waals surface area contributed by atoms with E-state index in [1.54, 1.807) is 39.8 Å². The van der Waals surface area contributed by atoms with Gasteiger partial charge in [-0.05, 0) is 57.5 Å². The first-order valence-electron chi connectivity index (χ1n) is 10.5. The van der Waals surface area contributed by atoms with Gasteiger partial charge in [0, 0.05) is 18.8 Å². The lowest BCUT2D eigenvalue weighted by Crippen LogP contribution is -2.48. The van der Waals surface area contributed by atoms with E-state index in [-0.39, 0.29) is 40.5 Å². The number of aryl methyl sites for hydroxylation is 1. The predicted octanol–water partition coefficient (Wildman–Crippen LogP) is 3.48. The Morgan fingerprint density at radius 3 is 2.65 bits per heavy atom. The number of halogens is 1. The van der Waals surface area contributed by atoms with Crippen LogP contribution < -0.4 is 19.7 Å². The standard InChI is InChI=1S/C22H27ClN4O6S/c1-13-8-19(20(23)25-10-13)34(30,31)27-12-16(11-24-14(2)28)32-18-7-6-15(9-17(18)27)26-21(29)33-22(3,4)5/h6-10,16H,11-12H2,1-5H3,(H,24,28)(H,26,29). The lowest BCUT2D eigenvalue weighted by molar-refractivity contribution is -0.119. The third-order valence-corrected chi connectivity index (χ3v) is 6.83. The van der Waals surface area contributed by atoms with Crippen LogP contribution in [0.4, 0.5) is 16.2 Å². The molecule has 1 aromatic carbocycles. The minimum atomic E-state index is -4.17. The number of pyridine rings is 1. The maximum absolute atomic E-state index is 13.7. The number of carbonyl (C=O) groups is 2. The zero-order chi connectivity index (χ0) is 25.3. The number of anilines is 2. The summed E-state index contributed by atoms with van der Waals surface area (Å²) in [5.74, 6) is -0.0108. The Morgan fingerprint density at radius 2 is 2.00 bits per heavy atom. The molecule has 1 unspecified atom stereocenters. The molecule has 184 valence electrons. The van der Waals surface area contributed by atoms with Gasteiger partial charge < -0.3 is 14.8 Å². The second-order valence-electron chi connectivity index (χ2n) is 8.82. The van der Waals surface area contributed by atoms with Crippen LogP contribution in [0.15, 0.2) is 35.4 Å². The molecule has 0 spiro atoms. The van der Waals surface area contributed by atoms with Gasteiger partial charge in [-0.2, -0.15) is 0 Å². The van der Waals surface area contributed by atoms with Gasteiger partial charge in [-0.15, -0.1) is 0 Å². The minimum absolute atomic E-state index is 0.0957. The van der Waals surface area contributed by atoms with Crippen LogP contribution in [0, 0.1) is 6.92 Å². The van der Waals surface area contributed by atoms with Gasteiger partial charge in [-0.1, -0.05) is 11.6 Å². The third kappa shape index (κ3) is 6.09. The molecule has 1 aliphatic rings. The van der Waals surface area contributed by atoms with E-state index in [0.717, 1.165) is 4.31 Å². The number of ether oxygens (including phenoxy) is 2. The summed E-state index contributed by atoms with van der Waals surface area (Å²) in [4.78, 5) is 27.4. The van der Waals surface area contributed by atoms with Crippen LogP contribution in [0.5, 0.6) is 5.75 Å². The molecule has 1 atom stereocenters. The molecule has 0 saturated carbocycles. The number of sulfonamides is 1. The Hall–Kier alpha value is -3.05. The summed E-state index contributed by atoms with van der Waals surface area (Å²) in [5.41, 5.74) is 0.421. The monoisotopic (exact) mass is 510 g/mol. The summed E-state index contributed by atoms with van der Waals surface area (Å²) in [5, 5.41) is 5.07. The summed E-state index contributed by atoms with van der Waals surface area (Å²) in [6, 6.07) is 6.02. The molecule has 10 nitrogen and oxygen atoms in total. The highest BCUT2D eigenvalue weighted by Crippen LogP contribution is 2.40. The Balaban J connectivity index is 2.02. The van der Waals surface area contributed by atoms with Gasteiger partial charge in [-0.3, -0.25) is 14.4 Å². The van der Waals surface area contributed by atoms with Crippen molar-refractivity contribution in [2.45, 2.75) is 51.2 Å². The molecule has 2 aromatic rings. The molecule has 34 heavy (non-hydrogen) atoms. The number of carbonyl (C=O) groups excluding carboxylic acids is 2. The average Bonchev–Trinajstić information content (AvgIpc) is 2.71. The number of rotatable bonds is 5. The number of amides is 2. The first-order chi connectivity index (χ1) is 15.8. The fourth-order valence-corrected chi connectivity index (χ4v) is 5.23. The van der Waals surface area contributed by atoms with E-state index in [2.05, 4.69) is 15.6 Å². The van der Waals surface area contributed by atoms with Gasteiger partial charge in [0.25, 0.3) is 10.0 Å². The highest BCUT2D eigenvalue weighted by atomic mass is 35.5. The number of hydrogen-bond acceptors (Lipinski definition) is 7. The molecule has 12 heteroatoms. The topological polar surface area (TPSA) is 127 Å². The van der Waals surface area contributed by atoms with Crippen molar-refractivity contribution in [3.05, 3.63) is 41.2 Å². The summed E-state index contributed by atoms with van der Waals surface area (Å²) >= 11 is 6.15. The van der Waals surface area contributed by atoms with Crippen LogP contribution in [0.2, 0.25) is 5.15 Å². The van der Waals surface area contributed by atoms with Crippen LogP contribution in [-0.4, -0.2) is 50.2 Å². The highest BCUT2D eigenvalue weighted by molar-refractivity contribution is 7.93. The minimum Gasteiger partial charge on any atom is -0.484 e. The fraction of sp³-hybridized carbons (Fsp3) is 0.409. The molecule has 0 aliphatic carbocycles. The van der Waals surface area contributed by atoms with E-state index in [4.69, 9.17) is 21.1 Å². The molecule has 1 aromatic heterocycles. The van der Waals surface area contributed by atoms with E-state index in [1.165, 1.54) is 25.3 Å². The molecule has 0 fully saturated rings. The van der Waals surface area contributed by atoms with Gasteiger partial charge in [0.1, 0.15) is 27.5 Å². The highest BCUT2D eigenvalue weighted by Gasteiger charge is 2.36. The molecule has 2 N–H and O–H groups in total. The van der Waals surface area contributed by atoms with Crippen molar-refractivity contribution in [1.82, 2.24) is 10.3 Å². The summed E-state index contributed by atoms with van der Waals surface area (Å²) in [6.07, 6.45) is 0.122. The van der Waals surface area contributed by atoms with Crippen LogP contribution in [0.3, 0.4) is 0 Å². The molecular formula is C22H27ClN4O6S. The molecule has 2 heterocycles. The number of fused-ring (bicyclic) bond motifs is 1. The van der Waals surface area contributed by atoms with Crippen LogP contribution >= 0.6 is 11.6 Å². The Bertz CT molecular complexity index is 1210. The Morgan fingerprint density at radius 1 is 1.29 bits per heavy atom. The predicted molar refractivity (Wildman–Crippen MR) is 128 cm³/mol. The molecule has 0 bridgehead atoms. The average molecular weight is 511 g/mol. The lowest BCUT2D eigenvalue weighted by atomic mass is 10.2. The summed E-state index contributed by atoms with van der Waals surface area (Å²) in [6.45, 7) is 8.26. The summed E-state index contributed by atoms with van der Waals surface area (Å²) < 4.78 is 39.7. The van der Waals surface area contributed by atoms with E-state index >= 15 is 0 Å². The number of nitrogens with one attached hydrogen (secondary N) is 2. The number of nitrogens with zero attached hydrogens (tertiary/aromatic N) is 2. The van der Waals surface area contributed by atoms with Crippen molar-refractivity contribution >= 4 is 45.0 Å². The Kier molecular flexibility index (Phi) is 7.27. The number of aromatic nitrogens is 1. The number of hydrogen-bond donors (Lipinski definition) is 2. The fourth-order valence-electron chi connectivity index (χ4n) is 3.23. The van der Waals surface area contributed by atoms with Gasteiger partial charge in [0.15, 0.2) is 0 Å². The van der Waals surface area contributed by atoms with Crippen LogP contribution in [0.25, 0.3) is 0 Å². The smallest absolute Gasteiger partial charge is 0.412 e. The molecule has 3 rings (SSSR count). The maximum atomic E-state index is 13.7. The van der Waals surface area contributed by atoms with E-state index < -0.39 is 27.8 Å². The zero-order valence-corrected chi connectivity index (χ0v) is 21.1. The maximum Gasteiger partial charge on any atom is 0.412 e. The second kappa shape index (κ2) is 9.67. The van der Waals surface area contributed by atoms with Crippen LogP contribution in [-0.2, 0) is 19.6 Å². The molecular weight excluding hydrogens is 484 g/mol. The van der Waals surface area contributed by atoms with Gasteiger partial charge in [0.05, 0.1) is 18.8 Å². The SMILES string of the molecule is CC(=O)NCC1CN(S(=O)(=O)c2cc(C)cnc2Cl)c2cc(NC(=O)OC(C)(C)C)ccc2O1. The van der Waals surface area contributed by atoms with Crippen molar-refractivity contribution in [1.29, 1.82) is 0 Å². The quantitative estimate of drug-likeness (QED) is 0.589. The molecule has 0 radical (unpaired) electrons. The van der Waals surface area contributed by atoms with Gasteiger partial charge in [0.2, 0.25) is 5.91 Å². The molecule has 2 amide bonds. The van der Waals surface area contributed by atoms with Crippen molar-refractivity contribution in [3.63, 3.8) is 0 Å². The lowest BCUT2D eigenvalue weighted by Gasteiger charge is -2.36. The number of benzene rings is 1. The normalized spacial score (nSPS) is 15.7. The van der Waals surface area contributed by atoms with Crippen molar-refractivity contribution in [2.24, 2.45) is 0 Å². The first-order valence-corrected chi connectivity index (χ1v) is 12.3. The second-order valence-corrected chi connectivity index (χ2v) is 11.0. The first kappa shape index (κ1) is 25.6. The molecule has 1 aliphatic heterocycles. The van der Waals surface area contributed by atoms with Crippen molar-refractivity contribution in [2.75, 3.05) is 22.7 Å². The van der Waals surface area contributed by atoms with E-state index in [1.807, 2.05) is 0 Å². The van der Waals surface area contributed by atoms with Crippen molar-refractivity contribution in [3.8, 4) is 5.75 Å². The van der Waals surface area contributed by atoms with E-state index in [0.29, 0.717) is 11.3 Å². The van der Waals surface area contributed by atoms with Gasteiger partial charge in [-0.25, -0.2) is 18.2 Å². The van der Waals surface area contributed by atoms with Crippen LogP contribution in [0.1, 0.15) is 33.3 Å². The van der Waals surface area contributed by atoms with Crippen molar-refractivity contribution < 1.29 is 27.5 Å². The third-order valence-electron chi connectivity index (χ3n) is 4.63.